The van der Waals surface area contributed by atoms with Crippen LogP contribution in [-0.4, -0.2) is 18.1 Å². The molecule has 0 spiro atoms. The van der Waals surface area contributed by atoms with Crippen LogP contribution in [-0.2, 0) is 4.79 Å². The van der Waals surface area contributed by atoms with Crippen LogP contribution in [0.15, 0.2) is 0 Å². The van der Waals surface area contributed by atoms with Crippen LogP contribution in [0.1, 0.15) is 12.8 Å². The van der Waals surface area contributed by atoms with Crippen LogP contribution in [0, 0.1) is 5.92 Å². The minimum absolute atomic E-state index is 0.0104. The molecule has 9 heavy (non-hydrogen) atoms. The number of carbonyl (C=O) groups is 1. The third-order valence-corrected chi connectivity index (χ3v) is 2.17. The van der Waals surface area contributed by atoms with Crippen LogP contribution < -0.4 is 5.32 Å². The standard InChI is InChI=1S/C6H8FNO/c7-6-1-4(2-6)5(9)8-3-6/h4H,1-3H2,(H,8,9). The lowest BCUT2D eigenvalue weighted by molar-refractivity contribution is -0.142. The molecule has 0 atom stereocenters. The van der Waals surface area contributed by atoms with Gasteiger partial charge >= 0.3 is 0 Å². The van der Waals surface area contributed by atoms with Gasteiger partial charge in [-0.25, -0.2) is 4.39 Å². The largest absolute Gasteiger partial charge is 0.353 e. The summed E-state index contributed by atoms with van der Waals surface area (Å²) >= 11 is 0. The predicted molar refractivity (Wildman–Crippen MR) is 29.6 cm³/mol. The predicted octanol–water partition coefficient (Wildman–Crippen LogP) is 0.234. The monoisotopic (exact) mass is 129 g/mol. The summed E-state index contributed by atoms with van der Waals surface area (Å²) in [4.78, 5) is 10.7. The Labute approximate surface area is 52.4 Å². The van der Waals surface area contributed by atoms with Gasteiger partial charge < -0.3 is 5.32 Å². The molecule has 1 N–H and O–H groups in total. The molecule has 2 bridgehead atoms. The van der Waals surface area contributed by atoms with E-state index in [0.717, 1.165) is 0 Å². The molecule has 0 aromatic rings. The van der Waals surface area contributed by atoms with E-state index in [-0.39, 0.29) is 18.4 Å². The van der Waals surface area contributed by atoms with E-state index in [4.69, 9.17) is 0 Å². The van der Waals surface area contributed by atoms with Crippen LogP contribution in [0.2, 0.25) is 0 Å². The van der Waals surface area contributed by atoms with E-state index in [1.54, 1.807) is 0 Å². The highest BCUT2D eigenvalue weighted by Crippen LogP contribution is 2.43. The molecule has 2 heterocycles. The van der Waals surface area contributed by atoms with E-state index >= 15 is 0 Å². The van der Waals surface area contributed by atoms with Crippen LogP contribution >= 0.6 is 0 Å². The second kappa shape index (κ2) is 1.28. The van der Waals surface area contributed by atoms with Gasteiger partial charge in [-0.05, 0) is 12.8 Å². The van der Waals surface area contributed by atoms with Gasteiger partial charge in [0.15, 0.2) is 0 Å². The lowest BCUT2D eigenvalue weighted by Crippen LogP contribution is -2.60. The summed E-state index contributed by atoms with van der Waals surface area (Å²) in [5.74, 6) is 0.0262. The Hall–Kier alpha value is -0.600. The van der Waals surface area contributed by atoms with E-state index in [9.17, 15) is 9.18 Å². The van der Waals surface area contributed by atoms with Crippen molar-refractivity contribution in [3.63, 3.8) is 0 Å². The molecule has 2 nitrogen and oxygen atoms in total. The summed E-state index contributed by atoms with van der Waals surface area (Å²) in [7, 11) is 0. The van der Waals surface area contributed by atoms with Crippen molar-refractivity contribution >= 4 is 5.91 Å². The highest BCUT2D eigenvalue weighted by atomic mass is 19.1. The van der Waals surface area contributed by atoms with E-state index < -0.39 is 5.67 Å². The number of fused-ring (bicyclic) bond motifs is 2. The Morgan fingerprint density at radius 3 is 2.67 bits per heavy atom. The number of halogens is 1. The zero-order valence-corrected chi connectivity index (χ0v) is 4.98. The van der Waals surface area contributed by atoms with E-state index in [1.165, 1.54) is 0 Å². The number of carbonyl (C=O) groups excluding carboxylic acids is 1. The Bertz CT molecular complexity index is 157. The Morgan fingerprint density at radius 1 is 1.67 bits per heavy atom. The second-order valence-electron chi connectivity index (χ2n) is 2.97. The molecule has 0 unspecified atom stereocenters. The summed E-state index contributed by atoms with van der Waals surface area (Å²) in [6, 6.07) is 0. The van der Waals surface area contributed by atoms with Gasteiger partial charge in [-0.2, -0.15) is 0 Å². The molecule has 3 rings (SSSR count). The molecule has 0 aromatic carbocycles. The van der Waals surface area contributed by atoms with Crippen molar-refractivity contribution in [3.8, 4) is 0 Å². The average Bonchev–Trinajstić information content (AvgIpc) is 1.73. The van der Waals surface area contributed by atoms with Gasteiger partial charge in [-0.15, -0.1) is 0 Å². The zero-order valence-electron chi connectivity index (χ0n) is 4.98. The molecule has 1 aliphatic carbocycles. The van der Waals surface area contributed by atoms with Crippen LogP contribution in [0.3, 0.4) is 0 Å². The van der Waals surface area contributed by atoms with Crippen molar-refractivity contribution in [2.75, 3.05) is 6.54 Å². The molecule has 1 saturated carbocycles. The summed E-state index contributed by atoms with van der Waals surface area (Å²) in [6.45, 7) is 0.238. The summed E-state index contributed by atoms with van der Waals surface area (Å²) < 4.78 is 12.9. The maximum Gasteiger partial charge on any atom is 0.223 e. The minimum atomic E-state index is -1.03. The molecule has 3 fully saturated rings. The minimum Gasteiger partial charge on any atom is -0.353 e. The number of amides is 1. The van der Waals surface area contributed by atoms with Gasteiger partial charge in [-0.1, -0.05) is 0 Å². The first-order valence-corrected chi connectivity index (χ1v) is 3.16. The molecule has 3 aliphatic rings. The molecule has 2 aliphatic heterocycles. The van der Waals surface area contributed by atoms with E-state index in [1.807, 2.05) is 0 Å². The second-order valence-corrected chi connectivity index (χ2v) is 2.97. The van der Waals surface area contributed by atoms with Gasteiger partial charge in [-0.3, -0.25) is 4.79 Å². The van der Waals surface area contributed by atoms with Crippen molar-refractivity contribution < 1.29 is 9.18 Å². The van der Waals surface area contributed by atoms with Crippen molar-refractivity contribution in [1.82, 2.24) is 5.32 Å². The fraction of sp³-hybridized carbons (Fsp3) is 0.833. The highest BCUT2D eigenvalue weighted by Gasteiger charge is 2.52. The maximum atomic E-state index is 12.9. The Kier molecular flexibility index (Phi) is 0.739. The van der Waals surface area contributed by atoms with E-state index in [0.29, 0.717) is 12.8 Å². The molecule has 50 valence electrons. The molecule has 3 heteroatoms. The number of rotatable bonds is 0. The topological polar surface area (TPSA) is 29.1 Å². The number of piperidine rings is 2. The summed E-state index contributed by atoms with van der Waals surface area (Å²) in [6.07, 6.45) is 0.914. The first-order valence-electron chi connectivity index (χ1n) is 3.16. The average molecular weight is 129 g/mol. The summed E-state index contributed by atoms with van der Waals surface area (Å²) in [5, 5.41) is 2.51. The van der Waals surface area contributed by atoms with Crippen molar-refractivity contribution in [3.05, 3.63) is 0 Å². The van der Waals surface area contributed by atoms with Gasteiger partial charge in [0.1, 0.15) is 5.67 Å². The quantitative estimate of drug-likeness (QED) is 0.498. The highest BCUT2D eigenvalue weighted by molar-refractivity contribution is 5.81. The van der Waals surface area contributed by atoms with Crippen LogP contribution in [0.5, 0.6) is 0 Å². The van der Waals surface area contributed by atoms with Gasteiger partial charge in [0.2, 0.25) is 5.91 Å². The normalized spacial score (nSPS) is 47.7. The molecule has 0 radical (unpaired) electrons. The first-order chi connectivity index (χ1) is 4.20. The third kappa shape index (κ3) is 0.573. The number of hydrogen-bond acceptors (Lipinski definition) is 1. The number of nitrogens with one attached hydrogen (secondary N) is 1. The zero-order chi connectivity index (χ0) is 6.48. The number of alkyl halides is 1. The Morgan fingerprint density at radius 2 is 2.33 bits per heavy atom. The summed E-state index contributed by atoms with van der Waals surface area (Å²) in [5.41, 5.74) is -1.03. The molecular formula is C6H8FNO. The van der Waals surface area contributed by atoms with E-state index in [2.05, 4.69) is 5.32 Å². The van der Waals surface area contributed by atoms with Crippen molar-refractivity contribution in [1.29, 1.82) is 0 Å². The van der Waals surface area contributed by atoms with Crippen LogP contribution in [0.4, 0.5) is 4.39 Å². The van der Waals surface area contributed by atoms with Crippen molar-refractivity contribution in [2.24, 2.45) is 5.92 Å². The Balaban J connectivity index is 2.13. The third-order valence-electron chi connectivity index (χ3n) is 2.17. The molecule has 0 aromatic heterocycles. The fourth-order valence-electron chi connectivity index (χ4n) is 1.54. The molecular weight excluding hydrogens is 121 g/mol. The van der Waals surface area contributed by atoms with Gasteiger partial charge in [0, 0.05) is 5.92 Å². The smallest absolute Gasteiger partial charge is 0.223 e. The molecule has 1 amide bonds. The lowest BCUT2D eigenvalue weighted by Gasteiger charge is -2.45. The maximum absolute atomic E-state index is 12.9. The first kappa shape index (κ1) is 5.21. The number of hydrogen-bond donors (Lipinski definition) is 1. The van der Waals surface area contributed by atoms with Gasteiger partial charge in [0.05, 0.1) is 6.54 Å². The van der Waals surface area contributed by atoms with Crippen LogP contribution in [0.25, 0.3) is 0 Å². The fourth-order valence-corrected chi connectivity index (χ4v) is 1.54. The SMILES string of the molecule is O=C1NCC2(F)CC1C2. The lowest BCUT2D eigenvalue weighted by atomic mass is 9.69. The van der Waals surface area contributed by atoms with Gasteiger partial charge in [0.25, 0.3) is 0 Å². The van der Waals surface area contributed by atoms with Crippen molar-refractivity contribution in [2.45, 2.75) is 18.5 Å². The molecule has 2 saturated heterocycles.